The van der Waals surface area contributed by atoms with Gasteiger partial charge < -0.3 is 11.5 Å². The molecule has 0 rings (SSSR count). The van der Waals surface area contributed by atoms with E-state index in [-0.39, 0.29) is 8.81 Å². The highest BCUT2D eigenvalue weighted by Crippen LogP contribution is 1.40. The third kappa shape index (κ3) is 34.9. The van der Waals surface area contributed by atoms with Gasteiger partial charge in [0.15, 0.2) is 5.96 Å². The normalized spacial score (nSPS) is 5.57. The smallest absolute Gasteiger partial charge is 0.185 e. The van der Waals surface area contributed by atoms with Gasteiger partial charge in [-0.05, 0) is 0 Å². The van der Waals surface area contributed by atoms with E-state index in [4.69, 9.17) is 11.5 Å². The van der Waals surface area contributed by atoms with E-state index in [9.17, 15) is 0 Å². The van der Waals surface area contributed by atoms with E-state index in [0.29, 0.717) is 0 Å². The maximum absolute atomic E-state index is 4.82. The van der Waals surface area contributed by atoms with Gasteiger partial charge in [0.25, 0.3) is 0 Å². The predicted octanol–water partition coefficient (Wildman–Crippen LogP) is 0.408. The van der Waals surface area contributed by atoms with E-state index < -0.39 is 0 Å². The Bertz CT molecular complexity index is 51.8. The molecule has 0 heterocycles. The molecule has 0 unspecified atom stereocenters. The van der Waals surface area contributed by atoms with Crippen molar-refractivity contribution in [1.82, 2.24) is 0 Å². The van der Waals surface area contributed by atoms with E-state index in [1.54, 1.807) is 0 Å². The van der Waals surface area contributed by atoms with Crippen molar-refractivity contribution >= 4 is 5.96 Å². The minimum absolute atomic E-state index is 0. The van der Waals surface area contributed by atoms with Crippen LogP contribution in [0, 0.1) is 0 Å². The molecule has 0 aliphatic heterocycles. The summed E-state index contributed by atoms with van der Waals surface area (Å²) in [5, 5.41) is 0. The summed E-state index contributed by atoms with van der Waals surface area (Å²) in [7, 11) is 1.54. The standard InChI is InChI=1S/C2H7N3.C2H6.2H2/c1-5-2(3)4;1-2;;/h1H3,(H4,3,4,5);1-2H3;2*1H. The maximum atomic E-state index is 4.82. The van der Waals surface area contributed by atoms with E-state index in [1.165, 1.54) is 7.05 Å². The first-order valence-corrected chi connectivity index (χ1v) is 2.25. The van der Waals surface area contributed by atoms with Crippen LogP contribution >= 0.6 is 0 Å². The molecule has 48 valence electrons. The molecule has 0 aromatic carbocycles. The number of aliphatic imine (C=N–C) groups is 1. The monoisotopic (exact) mass is 107 g/mol. The summed E-state index contributed by atoms with van der Waals surface area (Å²) in [4.78, 5) is 3.36. The minimum Gasteiger partial charge on any atom is -0.370 e. The van der Waals surface area contributed by atoms with Gasteiger partial charge in [0.2, 0.25) is 0 Å². The number of guanidine groups is 1. The molecule has 0 bridgehead atoms. The van der Waals surface area contributed by atoms with Crippen molar-refractivity contribution in [2.75, 3.05) is 7.05 Å². The molecule has 0 aliphatic rings. The van der Waals surface area contributed by atoms with Gasteiger partial charge in [0.1, 0.15) is 0 Å². The van der Waals surface area contributed by atoms with Crippen LogP contribution in [0.2, 0.25) is 0 Å². The van der Waals surface area contributed by atoms with Crippen LogP contribution in [0.3, 0.4) is 0 Å². The Kier molecular flexibility index (Phi) is 12.3. The van der Waals surface area contributed by atoms with Crippen molar-refractivity contribution in [1.29, 1.82) is 0 Å². The second-order valence-electron chi connectivity index (χ2n) is 0.648. The molecular formula is C4H17N3. The molecule has 0 radical (unpaired) electrons. The average molecular weight is 107 g/mol. The van der Waals surface area contributed by atoms with Crippen molar-refractivity contribution in [3.63, 3.8) is 0 Å². The Morgan fingerprint density at radius 1 is 1.43 bits per heavy atom. The molecule has 0 spiro atoms. The zero-order valence-electron chi connectivity index (χ0n) is 5.10. The fraction of sp³-hybridized carbons (Fsp3) is 0.750. The van der Waals surface area contributed by atoms with Crippen molar-refractivity contribution in [2.24, 2.45) is 16.5 Å². The molecule has 0 saturated carbocycles. The quantitative estimate of drug-likeness (QED) is 0.348. The van der Waals surface area contributed by atoms with E-state index >= 15 is 0 Å². The lowest BCUT2D eigenvalue weighted by Crippen LogP contribution is -2.21. The topological polar surface area (TPSA) is 64.4 Å². The molecular weight excluding hydrogens is 90.1 g/mol. The number of hydrogen-bond acceptors (Lipinski definition) is 1. The van der Waals surface area contributed by atoms with Crippen LogP contribution in [-0.2, 0) is 0 Å². The van der Waals surface area contributed by atoms with Crippen LogP contribution < -0.4 is 11.5 Å². The van der Waals surface area contributed by atoms with Crippen molar-refractivity contribution < 1.29 is 2.85 Å². The Morgan fingerprint density at radius 3 is 1.57 bits per heavy atom. The summed E-state index contributed by atoms with van der Waals surface area (Å²) >= 11 is 0. The van der Waals surface area contributed by atoms with Crippen molar-refractivity contribution in [3.8, 4) is 0 Å². The first-order chi connectivity index (χ1) is 3.27. The van der Waals surface area contributed by atoms with Gasteiger partial charge in [0.05, 0.1) is 0 Å². The van der Waals surface area contributed by atoms with Gasteiger partial charge in [0, 0.05) is 9.90 Å². The van der Waals surface area contributed by atoms with Crippen LogP contribution in [0.25, 0.3) is 0 Å². The zero-order chi connectivity index (χ0) is 6.28. The summed E-state index contributed by atoms with van der Waals surface area (Å²) in [6.45, 7) is 4.00. The molecule has 0 saturated heterocycles. The summed E-state index contributed by atoms with van der Waals surface area (Å²) < 4.78 is 0. The van der Waals surface area contributed by atoms with Gasteiger partial charge in [-0.15, -0.1) is 0 Å². The van der Waals surface area contributed by atoms with Gasteiger partial charge in [-0.25, -0.2) is 0 Å². The molecule has 0 aliphatic carbocycles. The van der Waals surface area contributed by atoms with Gasteiger partial charge in [-0.2, -0.15) is 0 Å². The molecule has 0 atom stereocenters. The number of nitrogens with two attached hydrogens (primary N) is 2. The Labute approximate surface area is 47.4 Å². The van der Waals surface area contributed by atoms with Gasteiger partial charge in [-0.3, -0.25) is 4.99 Å². The molecule has 0 fully saturated rings. The number of hydrogen-bond donors (Lipinski definition) is 2. The summed E-state index contributed by atoms with van der Waals surface area (Å²) in [5.74, 6) is 0.130. The van der Waals surface area contributed by atoms with Crippen LogP contribution in [0.15, 0.2) is 4.99 Å². The van der Waals surface area contributed by atoms with Crippen molar-refractivity contribution in [3.05, 3.63) is 0 Å². The third-order valence-corrected chi connectivity index (χ3v) is 0.258. The second-order valence-corrected chi connectivity index (χ2v) is 0.648. The highest BCUT2D eigenvalue weighted by molar-refractivity contribution is 5.75. The lowest BCUT2D eigenvalue weighted by atomic mass is 11.0. The second kappa shape index (κ2) is 8.99. The van der Waals surface area contributed by atoms with E-state index in [2.05, 4.69) is 4.99 Å². The summed E-state index contributed by atoms with van der Waals surface area (Å²) in [6.07, 6.45) is 0. The Morgan fingerprint density at radius 2 is 1.57 bits per heavy atom. The number of rotatable bonds is 0. The van der Waals surface area contributed by atoms with E-state index in [1.807, 2.05) is 13.8 Å². The zero-order valence-corrected chi connectivity index (χ0v) is 5.10. The number of nitrogens with zero attached hydrogens (tertiary/aromatic N) is 1. The first-order valence-electron chi connectivity index (χ1n) is 2.25. The largest absolute Gasteiger partial charge is 0.370 e. The molecule has 7 heavy (non-hydrogen) atoms. The van der Waals surface area contributed by atoms with E-state index in [0.717, 1.165) is 0 Å². The summed E-state index contributed by atoms with van der Waals surface area (Å²) in [6, 6.07) is 0. The predicted molar refractivity (Wildman–Crippen MR) is 37.3 cm³/mol. The third-order valence-electron chi connectivity index (χ3n) is 0.258. The first kappa shape index (κ1) is 9.55. The summed E-state index contributed by atoms with van der Waals surface area (Å²) in [5.41, 5.74) is 9.64. The van der Waals surface area contributed by atoms with Crippen LogP contribution in [-0.4, -0.2) is 13.0 Å². The van der Waals surface area contributed by atoms with Gasteiger partial charge >= 0.3 is 0 Å². The Balaban J connectivity index is -0.0000000286. The molecule has 0 aromatic rings. The van der Waals surface area contributed by atoms with Gasteiger partial charge in [-0.1, -0.05) is 13.8 Å². The SMILES string of the molecule is CC.CN=C(N)N.[HH].[HH]. The Hall–Kier alpha value is -0.730. The minimum atomic E-state index is 0. The van der Waals surface area contributed by atoms with Crippen LogP contribution in [0.4, 0.5) is 0 Å². The molecule has 4 N–H and O–H groups in total. The molecule has 0 aromatic heterocycles. The molecule has 0 amide bonds. The molecule has 3 nitrogen and oxygen atoms in total. The maximum Gasteiger partial charge on any atom is 0.185 e. The van der Waals surface area contributed by atoms with Crippen molar-refractivity contribution in [2.45, 2.75) is 13.8 Å². The fourth-order valence-corrected chi connectivity index (χ4v) is 0. The molecule has 3 heteroatoms. The van der Waals surface area contributed by atoms with Crippen LogP contribution in [0.1, 0.15) is 16.7 Å². The lowest BCUT2D eigenvalue weighted by Gasteiger charge is -1.77. The average Bonchev–Trinajstić information content (AvgIpc) is 1.73. The fourth-order valence-electron chi connectivity index (χ4n) is 0. The highest BCUT2D eigenvalue weighted by Gasteiger charge is 1.61. The highest BCUT2D eigenvalue weighted by atomic mass is 15.0. The van der Waals surface area contributed by atoms with Crippen LogP contribution in [0.5, 0.6) is 0 Å². The lowest BCUT2D eigenvalue weighted by molar-refractivity contribution is 1.36.